The molecule has 4 nitrogen and oxygen atoms in total. The van der Waals surface area contributed by atoms with Crippen molar-refractivity contribution in [2.24, 2.45) is 0 Å². The second-order valence-corrected chi connectivity index (χ2v) is 7.17. The summed E-state index contributed by atoms with van der Waals surface area (Å²) in [7, 11) is 1.68. The van der Waals surface area contributed by atoms with Crippen molar-refractivity contribution >= 4 is 21.8 Å². The molecule has 0 saturated carbocycles. The molecule has 1 heterocycles. The minimum atomic E-state index is -0.0420. The largest absolute Gasteiger partial charge is 0.497 e. The van der Waals surface area contributed by atoms with Crippen molar-refractivity contribution in [1.82, 2.24) is 10.2 Å². The average molecular weight is 403 g/mol. The molecule has 1 saturated heterocycles. The standard InChI is InChI=1S/C20H23BrN2O2/c1-25-18-6-4-5-16(13-18)19(23-11-2-3-12-23)14-22-20(24)15-7-9-17(21)10-8-15/h4-10,13,19H,2-3,11-12,14H2,1H3,(H,22,24). The summed E-state index contributed by atoms with van der Waals surface area (Å²) in [5, 5.41) is 3.09. The molecule has 1 N–H and O–H groups in total. The Morgan fingerprint density at radius 2 is 1.92 bits per heavy atom. The topological polar surface area (TPSA) is 41.6 Å². The van der Waals surface area contributed by atoms with Crippen LogP contribution in [0.4, 0.5) is 0 Å². The summed E-state index contributed by atoms with van der Waals surface area (Å²) in [6.07, 6.45) is 2.42. The van der Waals surface area contributed by atoms with Gasteiger partial charge in [-0.3, -0.25) is 9.69 Å². The second-order valence-electron chi connectivity index (χ2n) is 6.25. The van der Waals surface area contributed by atoms with E-state index in [0.29, 0.717) is 12.1 Å². The highest BCUT2D eigenvalue weighted by Crippen LogP contribution is 2.27. The predicted octanol–water partition coefficient (Wildman–Crippen LogP) is 4.02. The van der Waals surface area contributed by atoms with Crippen molar-refractivity contribution in [3.8, 4) is 5.75 Å². The molecule has 2 aromatic carbocycles. The molecule has 132 valence electrons. The van der Waals surface area contributed by atoms with Crippen LogP contribution < -0.4 is 10.1 Å². The van der Waals surface area contributed by atoms with E-state index in [1.807, 2.05) is 36.4 Å². The maximum absolute atomic E-state index is 12.5. The van der Waals surface area contributed by atoms with E-state index in [-0.39, 0.29) is 11.9 Å². The lowest BCUT2D eigenvalue weighted by Gasteiger charge is -2.28. The number of nitrogens with zero attached hydrogens (tertiary/aromatic N) is 1. The molecular weight excluding hydrogens is 380 g/mol. The fraction of sp³-hybridized carbons (Fsp3) is 0.350. The molecule has 0 bridgehead atoms. The third-order valence-corrected chi connectivity index (χ3v) is 5.15. The summed E-state index contributed by atoms with van der Waals surface area (Å²) in [5.74, 6) is 0.806. The van der Waals surface area contributed by atoms with Gasteiger partial charge in [-0.15, -0.1) is 0 Å². The van der Waals surface area contributed by atoms with Crippen molar-refractivity contribution in [3.63, 3.8) is 0 Å². The Hall–Kier alpha value is -1.85. The van der Waals surface area contributed by atoms with Crippen LogP contribution in [0.5, 0.6) is 5.75 Å². The Bertz CT molecular complexity index is 712. The van der Waals surface area contributed by atoms with Crippen molar-refractivity contribution in [2.45, 2.75) is 18.9 Å². The molecule has 1 atom stereocenters. The van der Waals surface area contributed by atoms with Crippen LogP contribution in [0.3, 0.4) is 0 Å². The number of carbonyl (C=O) groups excluding carboxylic acids is 1. The van der Waals surface area contributed by atoms with Gasteiger partial charge in [-0.25, -0.2) is 0 Å². The van der Waals surface area contributed by atoms with Crippen LogP contribution in [-0.2, 0) is 0 Å². The third-order valence-electron chi connectivity index (χ3n) is 4.62. The van der Waals surface area contributed by atoms with Gasteiger partial charge in [-0.2, -0.15) is 0 Å². The zero-order chi connectivity index (χ0) is 17.6. The van der Waals surface area contributed by atoms with E-state index in [1.54, 1.807) is 7.11 Å². The van der Waals surface area contributed by atoms with E-state index >= 15 is 0 Å². The van der Waals surface area contributed by atoms with Crippen molar-refractivity contribution in [2.75, 3.05) is 26.7 Å². The van der Waals surface area contributed by atoms with Gasteiger partial charge < -0.3 is 10.1 Å². The number of hydrogen-bond donors (Lipinski definition) is 1. The smallest absolute Gasteiger partial charge is 0.251 e. The van der Waals surface area contributed by atoms with Gasteiger partial charge in [0.2, 0.25) is 0 Å². The fourth-order valence-electron chi connectivity index (χ4n) is 3.25. The number of carbonyl (C=O) groups is 1. The van der Waals surface area contributed by atoms with E-state index in [1.165, 1.54) is 18.4 Å². The molecular formula is C20H23BrN2O2. The van der Waals surface area contributed by atoms with Gasteiger partial charge in [0.15, 0.2) is 0 Å². The molecule has 0 aliphatic carbocycles. The monoisotopic (exact) mass is 402 g/mol. The molecule has 0 radical (unpaired) electrons. The predicted molar refractivity (Wildman–Crippen MR) is 103 cm³/mol. The van der Waals surface area contributed by atoms with E-state index in [9.17, 15) is 4.79 Å². The molecule has 1 fully saturated rings. The fourth-order valence-corrected chi connectivity index (χ4v) is 3.52. The lowest BCUT2D eigenvalue weighted by atomic mass is 10.0. The number of hydrogen-bond acceptors (Lipinski definition) is 3. The lowest BCUT2D eigenvalue weighted by molar-refractivity contribution is 0.0938. The lowest BCUT2D eigenvalue weighted by Crippen LogP contribution is -2.36. The molecule has 25 heavy (non-hydrogen) atoms. The highest BCUT2D eigenvalue weighted by molar-refractivity contribution is 9.10. The number of likely N-dealkylation sites (tertiary alicyclic amines) is 1. The van der Waals surface area contributed by atoms with Crippen LogP contribution >= 0.6 is 15.9 Å². The first-order valence-electron chi connectivity index (χ1n) is 8.59. The normalized spacial score (nSPS) is 15.8. The van der Waals surface area contributed by atoms with Crippen molar-refractivity contribution in [1.29, 1.82) is 0 Å². The quantitative estimate of drug-likeness (QED) is 0.792. The average Bonchev–Trinajstić information content (AvgIpc) is 3.17. The van der Waals surface area contributed by atoms with Crippen LogP contribution in [0.15, 0.2) is 53.0 Å². The van der Waals surface area contributed by atoms with Crippen LogP contribution in [0.25, 0.3) is 0 Å². The second kappa shape index (κ2) is 8.50. The number of ether oxygens (including phenoxy) is 1. The third kappa shape index (κ3) is 4.61. The summed E-state index contributed by atoms with van der Waals surface area (Å²) in [4.78, 5) is 14.9. The van der Waals surface area contributed by atoms with E-state index in [0.717, 1.165) is 23.3 Å². The summed E-state index contributed by atoms with van der Waals surface area (Å²) < 4.78 is 6.33. The number of amides is 1. The van der Waals surface area contributed by atoms with Crippen molar-refractivity contribution < 1.29 is 9.53 Å². The van der Waals surface area contributed by atoms with Crippen molar-refractivity contribution in [3.05, 3.63) is 64.1 Å². The zero-order valence-corrected chi connectivity index (χ0v) is 16.0. The van der Waals surface area contributed by atoms with Crippen LogP contribution in [-0.4, -0.2) is 37.6 Å². The molecule has 0 aromatic heterocycles. The van der Waals surface area contributed by atoms with Gasteiger partial charge in [-0.05, 0) is 67.9 Å². The Morgan fingerprint density at radius 3 is 2.60 bits per heavy atom. The van der Waals surface area contributed by atoms with Gasteiger partial charge in [0.05, 0.1) is 13.2 Å². The highest BCUT2D eigenvalue weighted by Gasteiger charge is 2.24. The molecule has 1 amide bonds. The summed E-state index contributed by atoms with van der Waals surface area (Å²) in [6, 6.07) is 15.7. The number of benzene rings is 2. The van der Waals surface area contributed by atoms with E-state index in [2.05, 4.69) is 38.3 Å². The molecule has 0 spiro atoms. The first-order chi connectivity index (χ1) is 12.2. The Morgan fingerprint density at radius 1 is 1.20 bits per heavy atom. The van der Waals surface area contributed by atoms with Gasteiger partial charge in [-0.1, -0.05) is 28.1 Å². The van der Waals surface area contributed by atoms with Gasteiger partial charge in [0.1, 0.15) is 5.75 Å². The minimum absolute atomic E-state index is 0.0420. The van der Waals surface area contributed by atoms with E-state index in [4.69, 9.17) is 4.74 Å². The van der Waals surface area contributed by atoms with Crippen LogP contribution in [0.1, 0.15) is 34.8 Å². The summed E-state index contributed by atoms with van der Waals surface area (Å²) in [5.41, 5.74) is 1.85. The number of halogens is 1. The summed E-state index contributed by atoms with van der Waals surface area (Å²) >= 11 is 3.40. The molecule has 5 heteroatoms. The molecule has 2 aromatic rings. The molecule has 1 aliphatic heterocycles. The van der Waals surface area contributed by atoms with Gasteiger partial charge in [0.25, 0.3) is 5.91 Å². The number of nitrogens with one attached hydrogen (secondary N) is 1. The first kappa shape index (κ1) is 18.0. The maximum Gasteiger partial charge on any atom is 0.251 e. The zero-order valence-electron chi connectivity index (χ0n) is 14.4. The Kier molecular flexibility index (Phi) is 6.10. The summed E-state index contributed by atoms with van der Waals surface area (Å²) in [6.45, 7) is 2.72. The van der Waals surface area contributed by atoms with Crippen LogP contribution in [0, 0.1) is 0 Å². The number of rotatable bonds is 6. The number of methoxy groups -OCH3 is 1. The SMILES string of the molecule is COc1cccc(C(CNC(=O)c2ccc(Br)cc2)N2CCCC2)c1. The van der Waals surface area contributed by atoms with Crippen LogP contribution in [0.2, 0.25) is 0 Å². The van der Waals surface area contributed by atoms with Gasteiger partial charge in [0, 0.05) is 16.6 Å². The highest BCUT2D eigenvalue weighted by atomic mass is 79.9. The Balaban J connectivity index is 1.73. The minimum Gasteiger partial charge on any atom is -0.497 e. The first-order valence-corrected chi connectivity index (χ1v) is 9.38. The molecule has 3 rings (SSSR count). The van der Waals surface area contributed by atoms with Gasteiger partial charge >= 0.3 is 0 Å². The molecule has 1 aliphatic rings. The maximum atomic E-state index is 12.5. The Labute approximate surface area is 157 Å². The molecule has 1 unspecified atom stereocenters. The van der Waals surface area contributed by atoms with E-state index < -0.39 is 0 Å².